The predicted octanol–water partition coefficient (Wildman–Crippen LogP) is 10.0. The lowest BCUT2D eigenvalue weighted by molar-refractivity contribution is 0.121. The molecule has 188 valence electrons. The Labute approximate surface area is 212 Å². The van der Waals surface area contributed by atoms with E-state index in [0.717, 1.165) is 48.0 Å². The molecule has 1 unspecified atom stereocenters. The summed E-state index contributed by atoms with van der Waals surface area (Å²) in [5.74, 6) is 4.45. The van der Waals surface area contributed by atoms with Crippen molar-refractivity contribution in [3.8, 4) is 5.75 Å². The van der Waals surface area contributed by atoms with Crippen molar-refractivity contribution < 1.29 is 9.13 Å². The van der Waals surface area contributed by atoms with Crippen molar-refractivity contribution in [2.24, 2.45) is 29.6 Å². The summed E-state index contributed by atoms with van der Waals surface area (Å²) < 4.78 is 19.9. The zero-order valence-corrected chi connectivity index (χ0v) is 22.1. The highest BCUT2D eigenvalue weighted by atomic mass is 35.5. The average molecular weight is 487 g/mol. The molecule has 0 heterocycles. The van der Waals surface area contributed by atoms with Crippen LogP contribution in [-0.2, 0) is 0 Å². The van der Waals surface area contributed by atoms with Gasteiger partial charge in [-0.15, -0.1) is 0 Å². The Kier molecular flexibility index (Phi) is 9.57. The lowest BCUT2D eigenvalue weighted by atomic mass is 9.65. The molecule has 4 rings (SSSR count). The van der Waals surface area contributed by atoms with Gasteiger partial charge < -0.3 is 4.74 Å². The van der Waals surface area contributed by atoms with Crippen molar-refractivity contribution in [2.75, 3.05) is 6.61 Å². The van der Waals surface area contributed by atoms with Crippen LogP contribution in [0.2, 0.25) is 5.02 Å². The Morgan fingerprint density at radius 2 is 1.59 bits per heavy atom. The van der Waals surface area contributed by atoms with Crippen LogP contribution < -0.4 is 4.74 Å². The van der Waals surface area contributed by atoms with Gasteiger partial charge in [0.15, 0.2) is 11.6 Å². The first-order valence-electron chi connectivity index (χ1n) is 14.0. The summed E-state index contributed by atoms with van der Waals surface area (Å²) in [7, 11) is 0. The normalized spacial score (nSPS) is 30.4. The van der Waals surface area contributed by atoms with Gasteiger partial charge in [-0.2, -0.15) is 0 Å². The van der Waals surface area contributed by atoms with Crippen molar-refractivity contribution in [1.29, 1.82) is 0 Å². The van der Waals surface area contributed by atoms with Gasteiger partial charge in [-0.05, 0) is 137 Å². The molecule has 3 heteroatoms. The van der Waals surface area contributed by atoms with Crippen LogP contribution in [0.25, 0.3) is 5.57 Å². The SMILES string of the molecule is CC=CCCC1CCC(C2CCC(C3CC=C(c4ccc(OCC)c(F)c4Cl)CC3)CC2)CC1. The fraction of sp³-hybridized carbons (Fsp3) is 0.677. The highest BCUT2D eigenvalue weighted by Crippen LogP contribution is 2.46. The van der Waals surface area contributed by atoms with Gasteiger partial charge in [-0.3, -0.25) is 0 Å². The molecule has 3 aliphatic carbocycles. The number of rotatable bonds is 8. The van der Waals surface area contributed by atoms with Crippen LogP contribution >= 0.6 is 11.6 Å². The molecule has 1 aromatic rings. The van der Waals surface area contributed by atoms with Crippen molar-refractivity contribution >= 4 is 17.2 Å². The zero-order valence-electron chi connectivity index (χ0n) is 21.3. The standard InChI is InChI=1S/C31H44ClFO/c1-3-5-6-7-22-8-10-23(11-9-22)24-12-14-25(15-13-24)26-16-18-27(19-17-26)28-20-21-29(34-4-2)31(33)30(28)32/h3,5,18,20-26H,4,6-17,19H2,1-2H3. The van der Waals surface area contributed by atoms with E-state index in [2.05, 4.69) is 25.2 Å². The highest BCUT2D eigenvalue weighted by molar-refractivity contribution is 6.32. The molecule has 1 nitrogen and oxygen atoms in total. The van der Waals surface area contributed by atoms with Gasteiger partial charge in [0.25, 0.3) is 0 Å². The third-order valence-corrected chi connectivity index (χ3v) is 9.53. The summed E-state index contributed by atoms with van der Waals surface area (Å²) in [5, 5.41) is 0.215. The smallest absolute Gasteiger partial charge is 0.184 e. The molecule has 2 saturated carbocycles. The highest BCUT2D eigenvalue weighted by Gasteiger charge is 2.33. The Hall–Kier alpha value is -1.28. The van der Waals surface area contributed by atoms with Crippen LogP contribution in [0.15, 0.2) is 30.4 Å². The quantitative estimate of drug-likeness (QED) is 0.332. The van der Waals surface area contributed by atoms with Crippen LogP contribution in [0.3, 0.4) is 0 Å². The molecule has 0 aliphatic heterocycles. The fourth-order valence-corrected chi connectivity index (χ4v) is 7.39. The molecule has 0 radical (unpaired) electrons. The summed E-state index contributed by atoms with van der Waals surface area (Å²) in [6.45, 7) is 4.43. The lowest BCUT2D eigenvalue weighted by Gasteiger charge is -2.40. The van der Waals surface area contributed by atoms with Gasteiger partial charge in [0.2, 0.25) is 0 Å². The third kappa shape index (κ3) is 6.28. The van der Waals surface area contributed by atoms with E-state index in [1.807, 2.05) is 13.0 Å². The van der Waals surface area contributed by atoms with E-state index in [4.69, 9.17) is 16.3 Å². The summed E-state index contributed by atoms with van der Waals surface area (Å²) in [5.41, 5.74) is 2.06. The first-order chi connectivity index (χ1) is 16.6. The van der Waals surface area contributed by atoms with Gasteiger partial charge in [0.05, 0.1) is 11.6 Å². The zero-order chi connectivity index (χ0) is 23.9. The first kappa shape index (κ1) is 25.8. The second-order valence-electron chi connectivity index (χ2n) is 11.0. The van der Waals surface area contributed by atoms with E-state index >= 15 is 0 Å². The van der Waals surface area contributed by atoms with Gasteiger partial charge >= 0.3 is 0 Å². The monoisotopic (exact) mass is 486 g/mol. The molecule has 1 atom stereocenters. The van der Waals surface area contributed by atoms with E-state index in [1.165, 1.54) is 76.2 Å². The number of hydrogen-bond donors (Lipinski definition) is 0. The van der Waals surface area contributed by atoms with Crippen LogP contribution in [-0.4, -0.2) is 6.61 Å². The molecule has 34 heavy (non-hydrogen) atoms. The minimum absolute atomic E-state index is 0.215. The largest absolute Gasteiger partial charge is 0.491 e. The summed E-state index contributed by atoms with van der Waals surface area (Å²) >= 11 is 6.38. The molecule has 3 aliphatic rings. The molecular weight excluding hydrogens is 443 g/mol. The van der Waals surface area contributed by atoms with Crippen molar-refractivity contribution in [1.82, 2.24) is 0 Å². The van der Waals surface area contributed by atoms with E-state index in [9.17, 15) is 4.39 Å². The van der Waals surface area contributed by atoms with E-state index in [1.54, 1.807) is 6.07 Å². The van der Waals surface area contributed by atoms with Crippen LogP contribution in [0.5, 0.6) is 5.75 Å². The molecule has 0 saturated heterocycles. The van der Waals surface area contributed by atoms with Gasteiger partial charge in [0, 0.05) is 0 Å². The second-order valence-corrected chi connectivity index (χ2v) is 11.4. The van der Waals surface area contributed by atoms with Crippen LogP contribution in [0, 0.1) is 35.4 Å². The topological polar surface area (TPSA) is 9.23 Å². The van der Waals surface area contributed by atoms with Gasteiger partial charge in [-0.1, -0.05) is 42.7 Å². The van der Waals surface area contributed by atoms with Crippen LogP contribution in [0.4, 0.5) is 4.39 Å². The summed E-state index contributed by atoms with van der Waals surface area (Å²) in [4.78, 5) is 0. The van der Waals surface area contributed by atoms with Gasteiger partial charge in [0.1, 0.15) is 0 Å². The molecule has 0 amide bonds. The Morgan fingerprint density at radius 1 is 0.941 bits per heavy atom. The third-order valence-electron chi connectivity index (χ3n) is 9.16. The minimum Gasteiger partial charge on any atom is -0.491 e. The molecule has 1 aromatic carbocycles. The Bertz CT molecular complexity index is 843. The van der Waals surface area contributed by atoms with Crippen LogP contribution in [0.1, 0.15) is 103 Å². The number of ether oxygens (including phenoxy) is 1. The average Bonchev–Trinajstić information content (AvgIpc) is 2.88. The number of benzene rings is 1. The van der Waals surface area contributed by atoms with Crippen molar-refractivity contribution in [3.63, 3.8) is 0 Å². The number of hydrogen-bond acceptors (Lipinski definition) is 1. The fourth-order valence-electron chi connectivity index (χ4n) is 7.11. The molecule has 0 bridgehead atoms. The molecule has 2 fully saturated rings. The predicted molar refractivity (Wildman–Crippen MR) is 143 cm³/mol. The maximum atomic E-state index is 14.6. The molecule has 0 aromatic heterocycles. The maximum Gasteiger partial charge on any atom is 0.184 e. The minimum atomic E-state index is -0.422. The summed E-state index contributed by atoms with van der Waals surface area (Å²) in [6.07, 6.45) is 24.5. The second kappa shape index (κ2) is 12.6. The number of allylic oxidation sites excluding steroid dienone is 4. The van der Waals surface area contributed by atoms with Crippen molar-refractivity contribution in [3.05, 3.63) is 46.8 Å². The maximum absolute atomic E-state index is 14.6. The van der Waals surface area contributed by atoms with Crippen molar-refractivity contribution in [2.45, 2.75) is 97.3 Å². The van der Waals surface area contributed by atoms with E-state index in [-0.39, 0.29) is 10.8 Å². The molecular formula is C31H44ClFO. The Morgan fingerprint density at radius 3 is 2.18 bits per heavy atom. The lowest BCUT2D eigenvalue weighted by Crippen LogP contribution is -2.28. The Balaban J connectivity index is 1.24. The molecule has 0 N–H and O–H groups in total. The van der Waals surface area contributed by atoms with E-state index in [0.29, 0.717) is 6.61 Å². The van der Waals surface area contributed by atoms with E-state index < -0.39 is 5.82 Å². The first-order valence-corrected chi connectivity index (χ1v) is 14.4. The van der Waals surface area contributed by atoms with Gasteiger partial charge in [-0.25, -0.2) is 4.39 Å². The molecule has 0 spiro atoms. The summed E-state index contributed by atoms with van der Waals surface area (Å²) in [6, 6.07) is 3.66. The number of halogens is 2.